The Morgan fingerprint density at radius 2 is 1.04 bits per heavy atom. The molecule has 0 N–H and O–H groups in total. The SMILES string of the molecule is CCO[Si](CCCN1CCN(CCN2CCCCC2)CC1)(OCC)OCC. The Bertz CT molecular complexity index is 358. The summed E-state index contributed by atoms with van der Waals surface area (Å²) in [5, 5.41) is 0. The predicted molar refractivity (Wildman–Crippen MR) is 113 cm³/mol. The van der Waals surface area contributed by atoms with Crippen molar-refractivity contribution in [1.82, 2.24) is 14.7 Å². The summed E-state index contributed by atoms with van der Waals surface area (Å²) in [5.41, 5.74) is 0. The number of hydrogen-bond donors (Lipinski definition) is 0. The highest BCUT2D eigenvalue weighted by Gasteiger charge is 2.39. The van der Waals surface area contributed by atoms with Crippen LogP contribution in [0.5, 0.6) is 0 Å². The molecule has 160 valence electrons. The largest absolute Gasteiger partial charge is 0.500 e. The van der Waals surface area contributed by atoms with Gasteiger partial charge in [0, 0.05) is 65.1 Å². The first-order valence-corrected chi connectivity index (χ1v) is 13.2. The molecule has 0 aromatic rings. The third-order valence-corrected chi connectivity index (χ3v) is 8.85. The Morgan fingerprint density at radius 1 is 0.593 bits per heavy atom. The summed E-state index contributed by atoms with van der Waals surface area (Å²) in [5.74, 6) is 0. The van der Waals surface area contributed by atoms with Gasteiger partial charge in [-0.25, -0.2) is 0 Å². The zero-order chi connectivity index (χ0) is 19.4. The van der Waals surface area contributed by atoms with E-state index in [0.29, 0.717) is 19.8 Å². The van der Waals surface area contributed by atoms with E-state index in [9.17, 15) is 0 Å². The van der Waals surface area contributed by atoms with Gasteiger partial charge in [0.05, 0.1) is 0 Å². The number of piperazine rings is 1. The molecular weight excluding hydrogens is 358 g/mol. The Labute approximate surface area is 168 Å². The van der Waals surface area contributed by atoms with Crippen molar-refractivity contribution in [2.75, 3.05) is 78.7 Å². The van der Waals surface area contributed by atoms with E-state index >= 15 is 0 Å². The van der Waals surface area contributed by atoms with Crippen LogP contribution in [0.2, 0.25) is 6.04 Å². The van der Waals surface area contributed by atoms with E-state index < -0.39 is 8.80 Å². The van der Waals surface area contributed by atoms with Crippen LogP contribution in [0.4, 0.5) is 0 Å². The molecule has 6 nitrogen and oxygen atoms in total. The quantitative estimate of drug-likeness (QED) is 0.442. The zero-order valence-corrected chi connectivity index (χ0v) is 19.1. The number of nitrogens with zero attached hydrogens (tertiary/aromatic N) is 3. The second-order valence-electron chi connectivity index (χ2n) is 7.67. The summed E-state index contributed by atoms with van der Waals surface area (Å²) in [7, 11) is -2.47. The van der Waals surface area contributed by atoms with E-state index in [1.165, 1.54) is 71.6 Å². The number of piperidine rings is 1. The molecule has 27 heavy (non-hydrogen) atoms. The van der Waals surface area contributed by atoms with Crippen molar-refractivity contribution in [2.45, 2.75) is 52.5 Å². The van der Waals surface area contributed by atoms with Gasteiger partial charge in [-0.05, 0) is 59.7 Å². The van der Waals surface area contributed by atoms with Crippen molar-refractivity contribution >= 4 is 8.80 Å². The highest BCUT2D eigenvalue weighted by Crippen LogP contribution is 2.19. The third kappa shape index (κ3) is 8.48. The van der Waals surface area contributed by atoms with Gasteiger partial charge in [-0.15, -0.1) is 0 Å². The van der Waals surface area contributed by atoms with Gasteiger partial charge in [0.15, 0.2) is 0 Å². The summed E-state index contributed by atoms with van der Waals surface area (Å²) >= 11 is 0. The highest BCUT2D eigenvalue weighted by molar-refractivity contribution is 6.60. The van der Waals surface area contributed by atoms with Crippen LogP contribution in [0, 0.1) is 0 Å². The minimum absolute atomic E-state index is 0.669. The first kappa shape index (κ1) is 23.3. The van der Waals surface area contributed by atoms with Crippen LogP contribution in [-0.4, -0.2) is 102 Å². The number of hydrogen-bond acceptors (Lipinski definition) is 6. The van der Waals surface area contributed by atoms with Gasteiger partial charge >= 0.3 is 8.80 Å². The van der Waals surface area contributed by atoms with E-state index in [1.54, 1.807) is 0 Å². The molecule has 7 heteroatoms. The van der Waals surface area contributed by atoms with Crippen molar-refractivity contribution in [3.8, 4) is 0 Å². The average molecular weight is 402 g/mol. The molecule has 0 aromatic carbocycles. The molecule has 0 aliphatic carbocycles. The van der Waals surface area contributed by atoms with Gasteiger partial charge in [0.2, 0.25) is 0 Å². The predicted octanol–water partition coefficient (Wildman–Crippen LogP) is 2.53. The van der Waals surface area contributed by atoms with Gasteiger partial charge in [0.1, 0.15) is 0 Å². The maximum Gasteiger partial charge on any atom is 0.500 e. The number of rotatable bonds is 13. The van der Waals surface area contributed by atoms with E-state index in [2.05, 4.69) is 14.7 Å². The summed E-state index contributed by atoms with van der Waals surface area (Å²) in [6.45, 7) is 19.1. The molecule has 2 rings (SSSR count). The van der Waals surface area contributed by atoms with E-state index in [4.69, 9.17) is 13.3 Å². The fourth-order valence-electron chi connectivity index (χ4n) is 4.22. The molecule has 0 atom stereocenters. The monoisotopic (exact) mass is 401 g/mol. The summed E-state index contributed by atoms with van der Waals surface area (Å²) < 4.78 is 17.9. The Kier molecular flexibility index (Phi) is 11.4. The molecule has 2 fully saturated rings. The number of likely N-dealkylation sites (tertiary alicyclic amines) is 1. The maximum absolute atomic E-state index is 5.97. The smallest absolute Gasteiger partial charge is 0.374 e. The second-order valence-corrected chi connectivity index (χ2v) is 10.4. The normalized spacial score (nSPS) is 21.0. The van der Waals surface area contributed by atoms with Crippen LogP contribution in [0.15, 0.2) is 0 Å². The van der Waals surface area contributed by atoms with Crippen molar-refractivity contribution < 1.29 is 13.3 Å². The van der Waals surface area contributed by atoms with Crippen LogP contribution < -0.4 is 0 Å². The molecule has 0 amide bonds. The molecule has 0 radical (unpaired) electrons. The zero-order valence-electron chi connectivity index (χ0n) is 18.1. The lowest BCUT2D eigenvalue weighted by molar-refractivity contribution is 0.0684. The van der Waals surface area contributed by atoms with Crippen LogP contribution in [0.3, 0.4) is 0 Å². The minimum atomic E-state index is -2.47. The first-order chi connectivity index (χ1) is 13.2. The third-order valence-electron chi connectivity index (χ3n) is 5.70. The molecule has 0 bridgehead atoms. The van der Waals surface area contributed by atoms with Crippen LogP contribution >= 0.6 is 0 Å². The summed E-state index contributed by atoms with van der Waals surface area (Å²) in [6.07, 6.45) is 5.31. The van der Waals surface area contributed by atoms with Crippen LogP contribution in [0.25, 0.3) is 0 Å². The summed E-state index contributed by atoms with van der Waals surface area (Å²) in [4.78, 5) is 7.89. The molecular formula is C20H43N3O3Si. The van der Waals surface area contributed by atoms with Crippen molar-refractivity contribution in [1.29, 1.82) is 0 Å². The van der Waals surface area contributed by atoms with Crippen molar-refractivity contribution in [2.24, 2.45) is 0 Å². The molecule has 0 spiro atoms. The fourth-order valence-corrected chi connectivity index (χ4v) is 6.82. The Morgan fingerprint density at radius 3 is 1.52 bits per heavy atom. The highest BCUT2D eigenvalue weighted by atomic mass is 28.4. The van der Waals surface area contributed by atoms with Gasteiger partial charge in [-0.3, -0.25) is 4.90 Å². The molecule has 0 unspecified atom stereocenters. The van der Waals surface area contributed by atoms with Crippen molar-refractivity contribution in [3.63, 3.8) is 0 Å². The van der Waals surface area contributed by atoms with Crippen LogP contribution in [0.1, 0.15) is 46.5 Å². The van der Waals surface area contributed by atoms with Gasteiger partial charge in [-0.1, -0.05) is 6.42 Å². The van der Waals surface area contributed by atoms with Gasteiger partial charge in [0.25, 0.3) is 0 Å². The summed E-state index contributed by atoms with van der Waals surface area (Å²) in [6, 6.07) is 0.928. The Hall–Kier alpha value is -0.0231. The van der Waals surface area contributed by atoms with E-state index in [1.807, 2.05) is 20.8 Å². The Balaban J connectivity index is 1.62. The van der Waals surface area contributed by atoms with E-state index in [0.717, 1.165) is 19.0 Å². The second kappa shape index (κ2) is 13.2. The molecule has 2 aliphatic rings. The van der Waals surface area contributed by atoms with Gasteiger partial charge < -0.3 is 23.1 Å². The standard InChI is InChI=1S/C20H43N3O3Si/c1-4-24-27(25-5-2,26-6-3)20-10-13-22-15-18-23(19-16-22)17-14-21-11-8-7-9-12-21/h4-20H2,1-3H3. The maximum atomic E-state index is 5.97. The molecule has 2 aliphatic heterocycles. The van der Waals surface area contributed by atoms with Crippen molar-refractivity contribution in [3.05, 3.63) is 0 Å². The van der Waals surface area contributed by atoms with Crippen LogP contribution in [-0.2, 0) is 13.3 Å². The minimum Gasteiger partial charge on any atom is -0.374 e. The van der Waals surface area contributed by atoms with E-state index in [-0.39, 0.29) is 0 Å². The molecule has 2 saturated heterocycles. The average Bonchev–Trinajstić information content (AvgIpc) is 2.69. The lowest BCUT2D eigenvalue weighted by Gasteiger charge is -2.37. The molecule has 0 aromatic heterocycles. The fraction of sp³-hybridized carbons (Fsp3) is 1.00. The lowest BCUT2D eigenvalue weighted by atomic mass is 10.1. The molecule has 0 saturated carbocycles. The lowest BCUT2D eigenvalue weighted by Crippen LogP contribution is -2.50. The van der Waals surface area contributed by atoms with Gasteiger partial charge in [-0.2, -0.15) is 0 Å². The topological polar surface area (TPSA) is 37.4 Å². The molecule has 2 heterocycles. The first-order valence-electron chi connectivity index (χ1n) is 11.3.